The number of thiazole rings is 1. The topological polar surface area (TPSA) is 59.4 Å². The van der Waals surface area contributed by atoms with Crippen molar-refractivity contribution in [2.45, 2.75) is 6.10 Å². The molecule has 6 nitrogen and oxygen atoms in total. The number of amides is 2. The van der Waals surface area contributed by atoms with Crippen LogP contribution < -0.4 is 5.32 Å². The number of aromatic nitrogens is 2. The Morgan fingerprint density at radius 3 is 3.17 bits per heavy atom. The molecule has 0 saturated carbocycles. The summed E-state index contributed by atoms with van der Waals surface area (Å²) in [6, 6.07) is 7.86. The number of morpholine rings is 1. The van der Waals surface area contributed by atoms with E-state index in [1.165, 1.54) is 0 Å². The summed E-state index contributed by atoms with van der Waals surface area (Å²) < 4.78 is 7.77. The molecule has 3 aromatic rings. The minimum Gasteiger partial charge on any atom is -0.367 e. The third-order valence-electron chi connectivity index (χ3n) is 4.22. The number of para-hydroxylation sites is 1. The lowest BCUT2D eigenvalue weighted by molar-refractivity contribution is -0.0135. The Balaban J connectivity index is 1.52. The summed E-state index contributed by atoms with van der Waals surface area (Å²) in [5.41, 5.74) is 1.85. The molecule has 0 bridgehead atoms. The molecule has 0 spiro atoms. The molecular formula is C17H18N4O2S. The molecule has 1 N–H and O–H groups in total. The van der Waals surface area contributed by atoms with Gasteiger partial charge in [0.1, 0.15) is 11.1 Å². The molecule has 4 rings (SSSR count). The van der Waals surface area contributed by atoms with Crippen LogP contribution in [0.15, 0.2) is 42.0 Å². The predicted molar refractivity (Wildman–Crippen MR) is 94.3 cm³/mol. The predicted octanol–water partition coefficient (Wildman–Crippen LogP) is 3.24. The number of nitrogens with zero attached hydrogens (tertiary/aromatic N) is 3. The van der Waals surface area contributed by atoms with Gasteiger partial charge in [0.15, 0.2) is 0 Å². The van der Waals surface area contributed by atoms with Crippen molar-refractivity contribution in [1.82, 2.24) is 14.5 Å². The number of hydrogen-bond acceptors (Lipinski definition) is 4. The average molecular weight is 342 g/mol. The van der Waals surface area contributed by atoms with Gasteiger partial charge in [-0.15, -0.1) is 11.3 Å². The summed E-state index contributed by atoms with van der Waals surface area (Å²) in [5.74, 6) is 0. The van der Waals surface area contributed by atoms with Crippen LogP contribution in [-0.2, 0) is 11.8 Å². The van der Waals surface area contributed by atoms with Crippen LogP contribution in [0.2, 0.25) is 0 Å². The van der Waals surface area contributed by atoms with Gasteiger partial charge >= 0.3 is 6.03 Å². The van der Waals surface area contributed by atoms with E-state index in [2.05, 4.69) is 10.3 Å². The molecule has 7 heteroatoms. The third kappa shape index (κ3) is 2.76. The van der Waals surface area contributed by atoms with Gasteiger partial charge in [-0.05, 0) is 12.1 Å². The first-order valence-corrected chi connectivity index (χ1v) is 8.71. The number of fused-ring (bicyclic) bond motifs is 1. The van der Waals surface area contributed by atoms with Crippen LogP contribution in [0.1, 0.15) is 11.1 Å². The quantitative estimate of drug-likeness (QED) is 0.778. The second kappa shape index (κ2) is 6.26. The highest BCUT2D eigenvalue weighted by Crippen LogP contribution is 2.26. The third-order valence-corrected chi connectivity index (χ3v) is 5.09. The van der Waals surface area contributed by atoms with Crippen LogP contribution in [0.25, 0.3) is 10.9 Å². The molecule has 124 valence electrons. The maximum Gasteiger partial charge on any atom is 0.322 e. The number of urea groups is 1. The second-order valence-electron chi connectivity index (χ2n) is 5.78. The van der Waals surface area contributed by atoms with E-state index in [4.69, 9.17) is 4.74 Å². The highest BCUT2D eigenvalue weighted by Gasteiger charge is 2.27. The van der Waals surface area contributed by atoms with Crippen molar-refractivity contribution in [2.75, 3.05) is 25.0 Å². The molecule has 1 aliphatic heterocycles. The van der Waals surface area contributed by atoms with Crippen molar-refractivity contribution in [2.24, 2.45) is 7.05 Å². The molecule has 1 aliphatic rings. The first-order chi connectivity index (χ1) is 11.7. The van der Waals surface area contributed by atoms with E-state index in [1.54, 1.807) is 22.4 Å². The molecule has 0 unspecified atom stereocenters. The van der Waals surface area contributed by atoms with Crippen LogP contribution >= 0.6 is 11.3 Å². The smallest absolute Gasteiger partial charge is 0.322 e. The molecule has 24 heavy (non-hydrogen) atoms. The van der Waals surface area contributed by atoms with Crippen molar-refractivity contribution in [1.29, 1.82) is 0 Å². The zero-order valence-electron chi connectivity index (χ0n) is 13.3. The maximum absolute atomic E-state index is 12.7. The minimum absolute atomic E-state index is 0.103. The molecular weight excluding hydrogens is 324 g/mol. The minimum atomic E-state index is -0.143. The second-order valence-corrected chi connectivity index (χ2v) is 6.70. The molecule has 1 saturated heterocycles. The first kappa shape index (κ1) is 15.2. The highest BCUT2D eigenvalue weighted by molar-refractivity contribution is 7.09. The molecule has 1 fully saturated rings. The fraction of sp³-hybridized carbons (Fsp3) is 0.294. The summed E-state index contributed by atoms with van der Waals surface area (Å²) in [5, 5.41) is 6.99. The number of ether oxygens (including phenoxy) is 1. The van der Waals surface area contributed by atoms with Gasteiger partial charge in [-0.2, -0.15) is 0 Å². The largest absolute Gasteiger partial charge is 0.367 e. The molecule has 0 aliphatic carbocycles. The van der Waals surface area contributed by atoms with Crippen LogP contribution in [0.4, 0.5) is 10.5 Å². The Labute approximate surface area is 143 Å². The molecule has 1 aromatic carbocycles. The van der Waals surface area contributed by atoms with Gasteiger partial charge in [0, 0.05) is 36.8 Å². The lowest BCUT2D eigenvalue weighted by atomic mass is 10.2. The lowest BCUT2D eigenvalue weighted by Gasteiger charge is -2.32. The normalized spacial score (nSPS) is 18.0. The van der Waals surface area contributed by atoms with Crippen molar-refractivity contribution in [3.63, 3.8) is 0 Å². The van der Waals surface area contributed by atoms with Crippen molar-refractivity contribution in [3.8, 4) is 0 Å². The van der Waals surface area contributed by atoms with Gasteiger partial charge in [0.05, 0.1) is 24.4 Å². The van der Waals surface area contributed by atoms with Crippen LogP contribution in [0.5, 0.6) is 0 Å². The SMILES string of the molecule is Cn1ccc2cccc(NC(=O)N3CCO[C@@H](c4nccs4)C3)c21. The Bertz CT molecular complexity index is 859. The first-order valence-electron chi connectivity index (χ1n) is 7.83. The van der Waals surface area contributed by atoms with Gasteiger partial charge in [0.2, 0.25) is 0 Å². The molecule has 2 aromatic heterocycles. The van der Waals surface area contributed by atoms with Crippen LogP contribution in [0.3, 0.4) is 0 Å². The van der Waals surface area contributed by atoms with E-state index >= 15 is 0 Å². The van der Waals surface area contributed by atoms with E-state index in [9.17, 15) is 4.79 Å². The van der Waals surface area contributed by atoms with E-state index in [1.807, 2.05) is 47.5 Å². The molecule has 0 radical (unpaired) electrons. The van der Waals surface area contributed by atoms with Gasteiger partial charge in [-0.3, -0.25) is 0 Å². The van der Waals surface area contributed by atoms with E-state index in [0.29, 0.717) is 19.7 Å². The molecule has 2 amide bonds. The number of nitrogens with one attached hydrogen (secondary N) is 1. The molecule has 3 heterocycles. The summed E-state index contributed by atoms with van der Waals surface area (Å²) in [6.45, 7) is 1.62. The average Bonchev–Trinajstić information content (AvgIpc) is 3.26. The van der Waals surface area contributed by atoms with Gasteiger partial charge in [-0.1, -0.05) is 12.1 Å². The van der Waals surface area contributed by atoms with Gasteiger partial charge in [-0.25, -0.2) is 9.78 Å². The van der Waals surface area contributed by atoms with E-state index < -0.39 is 0 Å². The fourth-order valence-electron chi connectivity index (χ4n) is 3.03. The Hall–Kier alpha value is -2.38. The van der Waals surface area contributed by atoms with Crippen molar-refractivity contribution >= 4 is 34.0 Å². The monoisotopic (exact) mass is 342 g/mol. The number of carbonyl (C=O) groups is 1. The number of benzene rings is 1. The molecule has 1 atom stereocenters. The Morgan fingerprint density at radius 2 is 2.33 bits per heavy atom. The number of anilines is 1. The van der Waals surface area contributed by atoms with Crippen molar-refractivity contribution < 1.29 is 9.53 Å². The zero-order chi connectivity index (χ0) is 16.5. The standard InChI is InChI=1S/C17H18N4O2S/c1-20-7-5-12-3-2-4-13(15(12)20)19-17(22)21-8-9-23-14(11-21)16-18-6-10-24-16/h2-7,10,14H,8-9,11H2,1H3,(H,19,22)/t14-/m1/s1. The maximum atomic E-state index is 12.7. The number of rotatable bonds is 2. The number of carbonyl (C=O) groups excluding carboxylic acids is 1. The number of aryl methyl sites for hydroxylation is 1. The Morgan fingerprint density at radius 1 is 1.42 bits per heavy atom. The summed E-state index contributed by atoms with van der Waals surface area (Å²) >= 11 is 1.55. The van der Waals surface area contributed by atoms with Gasteiger partial charge < -0.3 is 19.5 Å². The van der Waals surface area contributed by atoms with Crippen LogP contribution in [-0.4, -0.2) is 40.2 Å². The van der Waals surface area contributed by atoms with Crippen LogP contribution in [0, 0.1) is 0 Å². The number of hydrogen-bond donors (Lipinski definition) is 1. The fourth-order valence-corrected chi connectivity index (χ4v) is 3.71. The van der Waals surface area contributed by atoms with E-state index in [0.717, 1.165) is 21.6 Å². The van der Waals surface area contributed by atoms with Crippen molar-refractivity contribution in [3.05, 3.63) is 47.0 Å². The Kier molecular flexibility index (Phi) is 3.95. The summed E-state index contributed by atoms with van der Waals surface area (Å²) in [4.78, 5) is 18.8. The highest BCUT2D eigenvalue weighted by atomic mass is 32.1. The summed E-state index contributed by atoms with van der Waals surface area (Å²) in [7, 11) is 1.98. The zero-order valence-corrected chi connectivity index (χ0v) is 14.1. The summed E-state index contributed by atoms with van der Waals surface area (Å²) in [6.07, 6.45) is 3.61. The van der Waals surface area contributed by atoms with Gasteiger partial charge in [0.25, 0.3) is 0 Å². The van der Waals surface area contributed by atoms with E-state index in [-0.39, 0.29) is 12.1 Å². The lowest BCUT2D eigenvalue weighted by Crippen LogP contribution is -2.44.